The van der Waals surface area contributed by atoms with Gasteiger partial charge in [0.25, 0.3) is 0 Å². The third kappa shape index (κ3) is 2.68. The van der Waals surface area contributed by atoms with E-state index >= 15 is 0 Å². The SMILES string of the molecule is CNC(c1ccc(C)s1)c1ccc(Cl)cc1F. The first-order valence-corrected chi connectivity index (χ1v) is 6.50. The van der Waals surface area contributed by atoms with Crippen LogP contribution in [0.2, 0.25) is 5.02 Å². The number of aryl methyl sites for hydroxylation is 1. The summed E-state index contributed by atoms with van der Waals surface area (Å²) in [5.41, 5.74) is 0.624. The van der Waals surface area contributed by atoms with Gasteiger partial charge in [0, 0.05) is 20.3 Å². The molecule has 4 heteroatoms. The molecule has 1 nitrogen and oxygen atoms in total. The van der Waals surface area contributed by atoms with Crippen LogP contribution in [0, 0.1) is 12.7 Å². The van der Waals surface area contributed by atoms with Crippen LogP contribution in [0.3, 0.4) is 0 Å². The van der Waals surface area contributed by atoms with E-state index in [2.05, 4.69) is 5.32 Å². The van der Waals surface area contributed by atoms with Crippen LogP contribution < -0.4 is 5.32 Å². The van der Waals surface area contributed by atoms with Crippen LogP contribution in [0.4, 0.5) is 4.39 Å². The predicted octanol–water partition coefficient (Wildman–Crippen LogP) is 4.16. The number of halogens is 2. The Morgan fingerprint density at radius 3 is 2.59 bits per heavy atom. The molecule has 0 aliphatic rings. The van der Waals surface area contributed by atoms with Gasteiger partial charge < -0.3 is 5.32 Å². The third-order valence-corrected chi connectivity index (χ3v) is 3.91. The molecule has 17 heavy (non-hydrogen) atoms. The third-order valence-electron chi connectivity index (χ3n) is 2.61. The number of hydrogen-bond donors (Lipinski definition) is 1. The highest BCUT2D eigenvalue weighted by Crippen LogP contribution is 2.30. The predicted molar refractivity (Wildman–Crippen MR) is 71.4 cm³/mol. The second-order valence-electron chi connectivity index (χ2n) is 3.84. The van der Waals surface area contributed by atoms with E-state index in [1.807, 2.05) is 26.1 Å². The highest BCUT2D eigenvalue weighted by atomic mass is 35.5. The second kappa shape index (κ2) is 5.17. The molecule has 90 valence electrons. The zero-order valence-electron chi connectivity index (χ0n) is 9.63. The van der Waals surface area contributed by atoms with Crippen molar-refractivity contribution in [1.29, 1.82) is 0 Å². The molecule has 0 aliphatic carbocycles. The van der Waals surface area contributed by atoms with Crippen LogP contribution in [-0.4, -0.2) is 7.05 Å². The van der Waals surface area contributed by atoms with E-state index in [1.165, 1.54) is 10.9 Å². The molecular formula is C13H13ClFNS. The molecule has 1 aromatic carbocycles. The number of hydrogen-bond acceptors (Lipinski definition) is 2. The summed E-state index contributed by atoms with van der Waals surface area (Å²) in [5.74, 6) is -0.275. The number of rotatable bonds is 3. The van der Waals surface area contributed by atoms with E-state index in [0.29, 0.717) is 10.6 Å². The van der Waals surface area contributed by atoms with Crippen LogP contribution in [-0.2, 0) is 0 Å². The first-order valence-electron chi connectivity index (χ1n) is 5.30. The van der Waals surface area contributed by atoms with Crippen molar-refractivity contribution in [2.24, 2.45) is 0 Å². The Labute approximate surface area is 109 Å². The first-order chi connectivity index (χ1) is 8.11. The smallest absolute Gasteiger partial charge is 0.129 e. The lowest BCUT2D eigenvalue weighted by Crippen LogP contribution is -2.17. The van der Waals surface area contributed by atoms with E-state index < -0.39 is 0 Å². The van der Waals surface area contributed by atoms with Gasteiger partial charge in [-0.2, -0.15) is 0 Å². The van der Waals surface area contributed by atoms with E-state index in [9.17, 15) is 4.39 Å². The Kier molecular flexibility index (Phi) is 3.82. The van der Waals surface area contributed by atoms with Gasteiger partial charge in [-0.15, -0.1) is 11.3 Å². The lowest BCUT2D eigenvalue weighted by atomic mass is 10.1. The summed E-state index contributed by atoms with van der Waals surface area (Å²) in [6.07, 6.45) is 0. The number of benzene rings is 1. The topological polar surface area (TPSA) is 12.0 Å². The van der Waals surface area contributed by atoms with Crippen molar-refractivity contribution in [1.82, 2.24) is 5.32 Å². The molecule has 0 fully saturated rings. The van der Waals surface area contributed by atoms with E-state index in [-0.39, 0.29) is 11.9 Å². The molecule has 0 bridgehead atoms. The van der Waals surface area contributed by atoms with Crippen LogP contribution >= 0.6 is 22.9 Å². The highest BCUT2D eigenvalue weighted by Gasteiger charge is 2.17. The summed E-state index contributed by atoms with van der Waals surface area (Å²) >= 11 is 7.42. The molecule has 1 aromatic heterocycles. The van der Waals surface area contributed by atoms with Crippen LogP contribution in [0.5, 0.6) is 0 Å². The molecule has 1 heterocycles. The van der Waals surface area contributed by atoms with Gasteiger partial charge >= 0.3 is 0 Å². The van der Waals surface area contributed by atoms with Gasteiger partial charge in [0.1, 0.15) is 5.82 Å². The molecule has 1 unspecified atom stereocenters. The van der Waals surface area contributed by atoms with E-state index in [1.54, 1.807) is 23.5 Å². The zero-order chi connectivity index (χ0) is 12.4. The average molecular weight is 270 g/mol. The Hall–Kier alpha value is -0.900. The average Bonchev–Trinajstić information content (AvgIpc) is 2.69. The van der Waals surface area contributed by atoms with Crippen LogP contribution in [0.1, 0.15) is 21.4 Å². The summed E-state index contributed by atoms with van der Waals surface area (Å²) in [6, 6.07) is 8.74. The fraction of sp³-hybridized carbons (Fsp3) is 0.231. The van der Waals surface area contributed by atoms with Gasteiger partial charge in [-0.05, 0) is 38.2 Å². The summed E-state index contributed by atoms with van der Waals surface area (Å²) in [4.78, 5) is 2.32. The highest BCUT2D eigenvalue weighted by molar-refractivity contribution is 7.12. The van der Waals surface area contributed by atoms with Crippen molar-refractivity contribution in [3.05, 3.63) is 56.5 Å². The first kappa shape index (κ1) is 12.6. The molecule has 0 amide bonds. The minimum Gasteiger partial charge on any atom is -0.309 e. The summed E-state index contributed by atoms with van der Waals surface area (Å²) < 4.78 is 13.9. The standard InChI is InChI=1S/C13H13ClFNS/c1-8-3-6-12(17-8)13(16-2)10-5-4-9(14)7-11(10)15/h3-7,13,16H,1-2H3. The molecule has 1 N–H and O–H groups in total. The quantitative estimate of drug-likeness (QED) is 0.882. The van der Waals surface area contributed by atoms with E-state index in [4.69, 9.17) is 11.6 Å². The molecular weight excluding hydrogens is 257 g/mol. The van der Waals surface area contributed by atoms with Crippen LogP contribution in [0.25, 0.3) is 0 Å². The van der Waals surface area contributed by atoms with Crippen molar-refractivity contribution in [2.75, 3.05) is 7.05 Å². The van der Waals surface area contributed by atoms with Crippen molar-refractivity contribution >= 4 is 22.9 Å². The lowest BCUT2D eigenvalue weighted by molar-refractivity contribution is 0.579. The maximum absolute atomic E-state index is 13.9. The summed E-state index contributed by atoms with van der Waals surface area (Å²) in [7, 11) is 1.83. The number of thiophene rings is 1. The molecule has 2 aromatic rings. The Morgan fingerprint density at radius 1 is 1.29 bits per heavy atom. The maximum atomic E-state index is 13.9. The Balaban J connectivity index is 2.42. The normalized spacial score (nSPS) is 12.7. The van der Waals surface area contributed by atoms with Gasteiger partial charge in [-0.3, -0.25) is 0 Å². The maximum Gasteiger partial charge on any atom is 0.129 e. The molecule has 2 rings (SSSR count). The minimum absolute atomic E-state index is 0.119. The lowest BCUT2D eigenvalue weighted by Gasteiger charge is -2.16. The van der Waals surface area contributed by atoms with Gasteiger partial charge in [0.2, 0.25) is 0 Å². The molecule has 0 radical (unpaired) electrons. The van der Waals surface area contributed by atoms with Crippen molar-refractivity contribution < 1.29 is 4.39 Å². The summed E-state index contributed by atoms with van der Waals surface area (Å²) in [6.45, 7) is 2.04. The van der Waals surface area contributed by atoms with E-state index in [0.717, 1.165) is 4.88 Å². The Morgan fingerprint density at radius 2 is 2.06 bits per heavy atom. The fourth-order valence-corrected chi connectivity index (χ4v) is 2.96. The molecule has 0 spiro atoms. The summed E-state index contributed by atoms with van der Waals surface area (Å²) in [5, 5.41) is 3.56. The van der Waals surface area contributed by atoms with Crippen LogP contribution in [0.15, 0.2) is 30.3 Å². The fourth-order valence-electron chi connectivity index (χ4n) is 1.80. The molecule has 0 aliphatic heterocycles. The van der Waals surface area contributed by atoms with Gasteiger partial charge in [0.15, 0.2) is 0 Å². The zero-order valence-corrected chi connectivity index (χ0v) is 11.2. The van der Waals surface area contributed by atoms with Crippen molar-refractivity contribution in [3.8, 4) is 0 Å². The minimum atomic E-state index is -0.275. The van der Waals surface area contributed by atoms with Gasteiger partial charge in [-0.25, -0.2) is 4.39 Å². The molecule has 1 atom stereocenters. The van der Waals surface area contributed by atoms with Gasteiger partial charge in [0.05, 0.1) is 6.04 Å². The monoisotopic (exact) mass is 269 g/mol. The largest absolute Gasteiger partial charge is 0.309 e. The molecule has 0 saturated heterocycles. The molecule has 0 saturated carbocycles. The van der Waals surface area contributed by atoms with Gasteiger partial charge in [-0.1, -0.05) is 17.7 Å². The second-order valence-corrected chi connectivity index (χ2v) is 5.59. The van der Waals surface area contributed by atoms with Crippen molar-refractivity contribution in [2.45, 2.75) is 13.0 Å². The number of nitrogens with one attached hydrogen (secondary N) is 1. The van der Waals surface area contributed by atoms with Crippen molar-refractivity contribution in [3.63, 3.8) is 0 Å². The Bertz CT molecular complexity index is 524.